The van der Waals surface area contributed by atoms with Gasteiger partial charge in [0.25, 0.3) is 0 Å². The minimum atomic E-state index is -0.122. The van der Waals surface area contributed by atoms with Gasteiger partial charge in [0.15, 0.2) is 0 Å². The summed E-state index contributed by atoms with van der Waals surface area (Å²) in [6.45, 7) is 4.67. The highest BCUT2D eigenvalue weighted by Gasteiger charge is 2.35. The minimum absolute atomic E-state index is 0.122. The molecular weight excluding hydrogens is 717 g/mol. The van der Waals surface area contributed by atoms with Gasteiger partial charge in [-0.2, -0.15) is 0 Å². The zero-order valence-electron chi connectivity index (χ0n) is 32.6. The molecule has 1 aliphatic rings. The fraction of sp³-hybridized carbons (Fsp3) is 0.0545. The van der Waals surface area contributed by atoms with Crippen molar-refractivity contribution < 1.29 is 0 Å². The molecule has 12 aromatic rings. The second-order valence-electron chi connectivity index (χ2n) is 16.6. The van der Waals surface area contributed by atoms with Gasteiger partial charge in [-0.1, -0.05) is 147 Å². The van der Waals surface area contributed by atoms with E-state index < -0.39 is 0 Å². The van der Waals surface area contributed by atoms with Crippen molar-refractivity contribution in [2.75, 3.05) is 0 Å². The van der Waals surface area contributed by atoms with Crippen LogP contribution in [0.4, 0.5) is 0 Å². The number of fused-ring (bicyclic) bond motifs is 14. The van der Waals surface area contributed by atoms with Crippen LogP contribution in [0, 0.1) is 0 Å². The van der Waals surface area contributed by atoms with Gasteiger partial charge in [-0.3, -0.25) is 4.57 Å². The van der Waals surface area contributed by atoms with E-state index >= 15 is 0 Å². The minimum Gasteiger partial charge on any atom is -0.309 e. The average molecular weight is 753 g/mol. The van der Waals surface area contributed by atoms with Crippen LogP contribution in [0.2, 0.25) is 0 Å². The maximum atomic E-state index is 5.55. The second kappa shape index (κ2) is 11.7. The fourth-order valence-corrected chi connectivity index (χ4v) is 10.4. The first-order valence-corrected chi connectivity index (χ1v) is 20.4. The Morgan fingerprint density at radius 2 is 1.00 bits per heavy atom. The third-order valence-electron chi connectivity index (χ3n) is 13.1. The molecule has 0 atom stereocenters. The highest BCUT2D eigenvalue weighted by molar-refractivity contribution is 6.23. The number of hydrogen-bond donors (Lipinski definition) is 0. The predicted molar refractivity (Wildman–Crippen MR) is 246 cm³/mol. The van der Waals surface area contributed by atoms with Gasteiger partial charge in [0.1, 0.15) is 0 Å². The lowest BCUT2D eigenvalue weighted by Gasteiger charge is -2.22. The van der Waals surface area contributed by atoms with E-state index in [1.165, 1.54) is 71.0 Å². The molecule has 3 heterocycles. The molecule has 0 spiro atoms. The van der Waals surface area contributed by atoms with Crippen molar-refractivity contribution in [3.05, 3.63) is 193 Å². The van der Waals surface area contributed by atoms with E-state index in [1.807, 2.05) is 0 Å². The Morgan fingerprint density at radius 3 is 1.80 bits per heavy atom. The van der Waals surface area contributed by atoms with Gasteiger partial charge in [-0.25, -0.2) is 9.97 Å². The van der Waals surface area contributed by atoms with Crippen LogP contribution in [0.1, 0.15) is 25.0 Å². The van der Waals surface area contributed by atoms with Crippen molar-refractivity contribution in [1.82, 2.24) is 19.1 Å². The van der Waals surface area contributed by atoms with Crippen LogP contribution in [-0.4, -0.2) is 19.1 Å². The normalized spacial score (nSPS) is 13.4. The largest absolute Gasteiger partial charge is 0.309 e. The Kier molecular flexibility index (Phi) is 6.48. The highest BCUT2D eigenvalue weighted by Crippen LogP contribution is 2.50. The third kappa shape index (κ3) is 4.43. The lowest BCUT2D eigenvalue weighted by Crippen LogP contribution is -2.15. The summed E-state index contributed by atoms with van der Waals surface area (Å²) in [6, 6.07) is 66.3. The molecule has 0 N–H and O–H groups in total. The van der Waals surface area contributed by atoms with Gasteiger partial charge >= 0.3 is 0 Å². The zero-order chi connectivity index (χ0) is 39.0. The number of benzene rings is 9. The Labute approximate surface area is 340 Å². The highest BCUT2D eigenvalue weighted by atomic mass is 15.2. The standard InChI is InChI=1S/C55H36N4/c1-55(2)44-20-10-7-17-39(44)40-27-23-35(31-45(40)55)53-41-18-8-11-21-46(41)56-54(57-53)59-48-30-26-36(32-43(48)52-38-16-6-4-14-34(38)25-29-50(52)59)58-47-22-12-9-19-42(47)51-37-15-5-3-13-33(37)24-28-49(51)58/h3-32H,1-2H3. The Morgan fingerprint density at radius 1 is 0.407 bits per heavy atom. The van der Waals surface area contributed by atoms with Gasteiger partial charge < -0.3 is 4.57 Å². The van der Waals surface area contributed by atoms with Crippen molar-refractivity contribution in [2.24, 2.45) is 0 Å². The van der Waals surface area contributed by atoms with Crippen molar-refractivity contribution in [2.45, 2.75) is 19.3 Å². The van der Waals surface area contributed by atoms with Crippen LogP contribution >= 0.6 is 0 Å². The zero-order valence-corrected chi connectivity index (χ0v) is 32.6. The molecule has 3 aromatic heterocycles. The molecule has 13 rings (SSSR count). The van der Waals surface area contributed by atoms with E-state index in [9.17, 15) is 0 Å². The molecule has 0 saturated heterocycles. The summed E-state index contributed by atoms with van der Waals surface area (Å²) >= 11 is 0. The molecule has 0 bridgehead atoms. The fourth-order valence-electron chi connectivity index (χ4n) is 10.4. The third-order valence-corrected chi connectivity index (χ3v) is 13.1. The molecule has 59 heavy (non-hydrogen) atoms. The lowest BCUT2D eigenvalue weighted by molar-refractivity contribution is 0.660. The summed E-state index contributed by atoms with van der Waals surface area (Å²) in [4.78, 5) is 10.9. The summed E-state index contributed by atoms with van der Waals surface area (Å²) in [5, 5.41) is 10.9. The molecule has 0 amide bonds. The van der Waals surface area contributed by atoms with E-state index in [1.54, 1.807) is 0 Å². The van der Waals surface area contributed by atoms with Gasteiger partial charge in [-0.05, 0) is 92.3 Å². The van der Waals surface area contributed by atoms with Crippen molar-refractivity contribution >= 4 is 76.1 Å². The number of rotatable bonds is 3. The Bertz CT molecular complexity index is 3770. The average Bonchev–Trinajstić information content (AvgIpc) is 3.89. The SMILES string of the molecule is CC1(C)c2ccccc2-c2ccc(-c3nc(-n4c5ccc(-n6c7ccccc7c7c8ccccc8ccc76)cc5c5c6ccccc6ccc54)nc4ccccc34)cc21. The summed E-state index contributed by atoms with van der Waals surface area (Å²) in [5.74, 6) is 0.660. The van der Waals surface area contributed by atoms with Gasteiger partial charge in [0, 0.05) is 43.6 Å². The number of nitrogens with zero attached hydrogens (tertiary/aromatic N) is 4. The molecule has 0 unspecified atom stereocenters. The molecule has 276 valence electrons. The predicted octanol–water partition coefficient (Wildman–Crippen LogP) is 14.1. The molecule has 0 saturated carbocycles. The Hall–Kier alpha value is -7.56. The maximum Gasteiger partial charge on any atom is 0.235 e. The van der Waals surface area contributed by atoms with Crippen LogP contribution in [0.15, 0.2) is 182 Å². The topological polar surface area (TPSA) is 35.6 Å². The second-order valence-corrected chi connectivity index (χ2v) is 16.6. The van der Waals surface area contributed by atoms with Gasteiger partial charge in [-0.15, -0.1) is 0 Å². The molecule has 0 aliphatic heterocycles. The first-order valence-electron chi connectivity index (χ1n) is 20.4. The van der Waals surface area contributed by atoms with Crippen molar-refractivity contribution in [3.63, 3.8) is 0 Å². The number of hydrogen-bond acceptors (Lipinski definition) is 2. The number of aromatic nitrogens is 4. The van der Waals surface area contributed by atoms with E-state index in [0.717, 1.165) is 44.3 Å². The van der Waals surface area contributed by atoms with Crippen LogP contribution < -0.4 is 0 Å². The van der Waals surface area contributed by atoms with E-state index in [-0.39, 0.29) is 5.41 Å². The molecule has 0 fully saturated rings. The van der Waals surface area contributed by atoms with Crippen LogP contribution in [-0.2, 0) is 5.41 Å². The molecule has 4 nitrogen and oxygen atoms in total. The molecule has 4 heteroatoms. The van der Waals surface area contributed by atoms with Gasteiger partial charge in [0.2, 0.25) is 5.95 Å². The summed E-state index contributed by atoms with van der Waals surface area (Å²) in [7, 11) is 0. The van der Waals surface area contributed by atoms with Crippen LogP contribution in [0.25, 0.3) is 110 Å². The van der Waals surface area contributed by atoms with E-state index in [0.29, 0.717) is 5.95 Å². The maximum absolute atomic E-state index is 5.55. The van der Waals surface area contributed by atoms with Crippen molar-refractivity contribution in [1.29, 1.82) is 0 Å². The lowest BCUT2D eigenvalue weighted by atomic mass is 9.82. The van der Waals surface area contributed by atoms with Crippen LogP contribution in [0.5, 0.6) is 0 Å². The first kappa shape index (κ1) is 32.5. The van der Waals surface area contributed by atoms with Crippen molar-refractivity contribution in [3.8, 4) is 34.0 Å². The smallest absolute Gasteiger partial charge is 0.235 e. The molecule has 0 radical (unpaired) electrons. The molecular formula is C55H36N4. The summed E-state index contributed by atoms with van der Waals surface area (Å²) < 4.78 is 4.71. The van der Waals surface area contributed by atoms with E-state index in [4.69, 9.17) is 9.97 Å². The quantitative estimate of drug-likeness (QED) is 0.180. The van der Waals surface area contributed by atoms with E-state index in [2.05, 4.69) is 205 Å². The summed E-state index contributed by atoms with van der Waals surface area (Å²) in [5.41, 5.74) is 13.8. The van der Waals surface area contributed by atoms with Gasteiger partial charge in [0.05, 0.1) is 33.3 Å². The molecule has 1 aliphatic carbocycles. The summed E-state index contributed by atoms with van der Waals surface area (Å²) in [6.07, 6.45) is 0. The number of para-hydroxylation sites is 2. The monoisotopic (exact) mass is 752 g/mol. The Balaban J connectivity index is 1.09. The molecule has 9 aromatic carbocycles. The van der Waals surface area contributed by atoms with Crippen LogP contribution in [0.3, 0.4) is 0 Å². The first-order chi connectivity index (χ1) is 29.0.